The lowest BCUT2D eigenvalue weighted by atomic mass is 9.70. The Balaban J connectivity index is 1.68. The molecule has 1 heteroatoms. The number of nitrogens with one attached hydrogen (secondary N) is 1. The van der Waals surface area contributed by atoms with E-state index in [9.17, 15) is 0 Å². The van der Waals surface area contributed by atoms with Gasteiger partial charge in [0.25, 0.3) is 0 Å². The standard InChI is InChI=1S/C16H31N/c1-3-12-17-16-10-8-15(9-11-16)14-6-4-13(2)5-7-14/h13-17H,3-12H2,1-2H3. The van der Waals surface area contributed by atoms with E-state index in [2.05, 4.69) is 19.2 Å². The minimum absolute atomic E-state index is 0.841. The van der Waals surface area contributed by atoms with Gasteiger partial charge in [-0.2, -0.15) is 0 Å². The van der Waals surface area contributed by atoms with Gasteiger partial charge in [-0.3, -0.25) is 0 Å². The Hall–Kier alpha value is -0.0400. The van der Waals surface area contributed by atoms with Gasteiger partial charge in [0.1, 0.15) is 0 Å². The van der Waals surface area contributed by atoms with Crippen LogP contribution in [0.25, 0.3) is 0 Å². The van der Waals surface area contributed by atoms with Gasteiger partial charge in [-0.1, -0.05) is 26.7 Å². The Morgan fingerprint density at radius 3 is 1.88 bits per heavy atom. The van der Waals surface area contributed by atoms with Crippen LogP contribution in [0.4, 0.5) is 0 Å². The third-order valence-electron chi connectivity index (χ3n) is 5.18. The fourth-order valence-corrected chi connectivity index (χ4v) is 3.90. The zero-order chi connectivity index (χ0) is 12.1. The quantitative estimate of drug-likeness (QED) is 0.765. The molecule has 0 bridgehead atoms. The first-order valence-electron chi connectivity index (χ1n) is 8.03. The average molecular weight is 237 g/mol. The van der Waals surface area contributed by atoms with E-state index in [1.54, 1.807) is 0 Å². The Labute approximate surface area is 108 Å². The molecule has 0 aliphatic heterocycles. The van der Waals surface area contributed by atoms with Gasteiger partial charge < -0.3 is 5.32 Å². The summed E-state index contributed by atoms with van der Waals surface area (Å²) in [6.45, 7) is 5.92. The van der Waals surface area contributed by atoms with Gasteiger partial charge in [-0.05, 0) is 69.2 Å². The van der Waals surface area contributed by atoms with E-state index >= 15 is 0 Å². The molecule has 100 valence electrons. The van der Waals surface area contributed by atoms with Crippen molar-refractivity contribution in [3.8, 4) is 0 Å². The first-order chi connectivity index (χ1) is 8.29. The zero-order valence-electron chi connectivity index (χ0n) is 11.9. The summed E-state index contributed by atoms with van der Waals surface area (Å²) >= 11 is 0. The van der Waals surface area contributed by atoms with Crippen molar-refractivity contribution in [1.82, 2.24) is 5.32 Å². The van der Waals surface area contributed by atoms with Crippen LogP contribution in [-0.4, -0.2) is 12.6 Å². The van der Waals surface area contributed by atoms with Crippen molar-refractivity contribution in [1.29, 1.82) is 0 Å². The van der Waals surface area contributed by atoms with Gasteiger partial charge in [0.2, 0.25) is 0 Å². The molecule has 1 N–H and O–H groups in total. The third-order valence-corrected chi connectivity index (χ3v) is 5.18. The molecule has 0 aromatic heterocycles. The molecule has 0 aromatic carbocycles. The van der Waals surface area contributed by atoms with Crippen LogP contribution in [-0.2, 0) is 0 Å². The summed E-state index contributed by atoms with van der Waals surface area (Å²) in [5.41, 5.74) is 0. The summed E-state index contributed by atoms with van der Waals surface area (Å²) < 4.78 is 0. The van der Waals surface area contributed by atoms with Crippen molar-refractivity contribution in [3.05, 3.63) is 0 Å². The molecule has 0 aromatic rings. The van der Waals surface area contributed by atoms with Crippen LogP contribution in [0.15, 0.2) is 0 Å². The molecule has 2 rings (SSSR count). The molecule has 0 heterocycles. The second-order valence-electron chi connectivity index (χ2n) is 6.59. The maximum absolute atomic E-state index is 3.70. The van der Waals surface area contributed by atoms with E-state index in [4.69, 9.17) is 0 Å². The molecule has 0 radical (unpaired) electrons. The molecule has 2 fully saturated rings. The van der Waals surface area contributed by atoms with Crippen molar-refractivity contribution >= 4 is 0 Å². The Kier molecular flexibility index (Phi) is 5.34. The summed E-state index contributed by atoms with van der Waals surface area (Å²) in [6.07, 6.45) is 13.2. The van der Waals surface area contributed by atoms with Gasteiger partial charge in [0.05, 0.1) is 0 Å². The fraction of sp³-hybridized carbons (Fsp3) is 1.00. The van der Waals surface area contributed by atoms with Gasteiger partial charge in [0.15, 0.2) is 0 Å². The second-order valence-corrected chi connectivity index (χ2v) is 6.59. The van der Waals surface area contributed by atoms with Crippen LogP contribution >= 0.6 is 0 Å². The van der Waals surface area contributed by atoms with Gasteiger partial charge in [0, 0.05) is 6.04 Å². The highest BCUT2D eigenvalue weighted by Gasteiger charge is 2.29. The number of hydrogen-bond donors (Lipinski definition) is 1. The van der Waals surface area contributed by atoms with Crippen LogP contribution < -0.4 is 5.32 Å². The van der Waals surface area contributed by atoms with Crippen molar-refractivity contribution in [2.24, 2.45) is 17.8 Å². The Bertz CT molecular complexity index is 198. The maximum Gasteiger partial charge on any atom is 0.00672 e. The predicted molar refractivity (Wildman–Crippen MR) is 75.2 cm³/mol. The Morgan fingerprint density at radius 1 is 0.824 bits per heavy atom. The molecule has 0 atom stereocenters. The van der Waals surface area contributed by atoms with Gasteiger partial charge >= 0.3 is 0 Å². The maximum atomic E-state index is 3.70. The van der Waals surface area contributed by atoms with Crippen molar-refractivity contribution in [3.63, 3.8) is 0 Å². The van der Waals surface area contributed by atoms with Crippen LogP contribution in [0.1, 0.15) is 71.6 Å². The highest BCUT2D eigenvalue weighted by molar-refractivity contribution is 4.83. The highest BCUT2D eigenvalue weighted by atomic mass is 14.9. The second kappa shape index (κ2) is 6.78. The largest absolute Gasteiger partial charge is 0.314 e. The smallest absolute Gasteiger partial charge is 0.00672 e. The molecule has 0 spiro atoms. The summed E-state index contributed by atoms with van der Waals surface area (Å²) in [5, 5.41) is 3.70. The highest BCUT2D eigenvalue weighted by Crippen LogP contribution is 2.39. The molecular formula is C16H31N. The van der Waals surface area contributed by atoms with Crippen LogP contribution in [0.3, 0.4) is 0 Å². The van der Waals surface area contributed by atoms with E-state index in [1.807, 2.05) is 0 Å². The lowest BCUT2D eigenvalue weighted by Crippen LogP contribution is -2.35. The normalized spacial score (nSPS) is 39.2. The lowest BCUT2D eigenvalue weighted by Gasteiger charge is -2.37. The minimum Gasteiger partial charge on any atom is -0.314 e. The minimum atomic E-state index is 0.841. The molecule has 17 heavy (non-hydrogen) atoms. The first-order valence-corrected chi connectivity index (χ1v) is 8.03. The summed E-state index contributed by atoms with van der Waals surface area (Å²) in [5.74, 6) is 3.16. The number of rotatable bonds is 4. The van der Waals surface area contributed by atoms with E-state index < -0.39 is 0 Å². The fourth-order valence-electron chi connectivity index (χ4n) is 3.90. The van der Waals surface area contributed by atoms with Gasteiger partial charge in [-0.25, -0.2) is 0 Å². The predicted octanol–water partition coefficient (Wildman–Crippen LogP) is 4.37. The zero-order valence-corrected chi connectivity index (χ0v) is 11.9. The van der Waals surface area contributed by atoms with Crippen molar-refractivity contribution in [2.45, 2.75) is 77.7 Å². The molecule has 2 aliphatic rings. The summed E-state index contributed by atoms with van der Waals surface area (Å²) in [7, 11) is 0. The lowest BCUT2D eigenvalue weighted by molar-refractivity contribution is 0.158. The Morgan fingerprint density at radius 2 is 1.35 bits per heavy atom. The van der Waals surface area contributed by atoms with E-state index in [0.29, 0.717) is 0 Å². The van der Waals surface area contributed by atoms with E-state index in [1.165, 1.54) is 64.3 Å². The van der Waals surface area contributed by atoms with Crippen LogP contribution in [0, 0.1) is 17.8 Å². The molecule has 0 unspecified atom stereocenters. The van der Waals surface area contributed by atoms with Gasteiger partial charge in [-0.15, -0.1) is 0 Å². The van der Waals surface area contributed by atoms with Crippen molar-refractivity contribution < 1.29 is 0 Å². The SMILES string of the molecule is CCCNC1CCC(C2CCC(C)CC2)CC1. The molecule has 1 nitrogen and oxygen atoms in total. The summed E-state index contributed by atoms with van der Waals surface area (Å²) in [6, 6.07) is 0.841. The van der Waals surface area contributed by atoms with E-state index in [0.717, 1.165) is 23.8 Å². The molecular weight excluding hydrogens is 206 g/mol. The number of hydrogen-bond acceptors (Lipinski definition) is 1. The van der Waals surface area contributed by atoms with Crippen LogP contribution in [0.5, 0.6) is 0 Å². The monoisotopic (exact) mass is 237 g/mol. The van der Waals surface area contributed by atoms with Crippen LogP contribution in [0.2, 0.25) is 0 Å². The topological polar surface area (TPSA) is 12.0 Å². The van der Waals surface area contributed by atoms with E-state index in [-0.39, 0.29) is 0 Å². The average Bonchev–Trinajstić information content (AvgIpc) is 2.38. The molecule has 0 saturated heterocycles. The first kappa shape index (κ1) is 13.4. The molecule has 2 aliphatic carbocycles. The summed E-state index contributed by atoms with van der Waals surface area (Å²) in [4.78, 5) is 0. The third kappa shape index (κ3) is 3.98. The van der Waals surface area contributed by atoms with Crippen molar-refractivity contribution in [2.75, 3.05) is 6.54 Å². The molecule has 0 amide bonds. The molecule has 2 saturated carbocycles.